The standard InChI is InChI=1S/C26H21NO6/c28-23(18-11-13-22(14-12-18)33-26(31)19-7-3-1-4-8-19)17-32-25(30)20-15-24(29)27(16-20)21-9-5-2-6-10-21/h1-14,20H,15-17H2/t20-/m0/s1. The van der Waals surface area contributed by atoms with Crippen molar-refractivity contribution in [2.75, 3.05) is 18.1 Å². The van der Waals surface area contributed by atoms with Crippen LogP contribution in [0.4, 0.5) is 5.69 Å². The van der Waals surface area contributed by atoms with E-state index in [1.54, 1.807) is 47.4 Å². The fraction of sp³-hybridized carbons (Fsp3) is 0.154. The summed E-state index contributed by atoms with van der Waals surface area (Å²) in [5.41, 5.74) is 1.46. The van der Waals surface area contributed by atoms with E-state index in [2.05, 4.69) is 0 Å². The lowest BCUT2D eigenvalue weighted by atomic mass is 10.1. The van der Waals surface area contributed by atoms with Crippen LogP contribution in [-0.2, 0) is 14.3 Å². The molecule has 0 aliphatic carbocycles. The number of rotatable bonds is 7. The van der Waals surface area contributed by atoms with Crippen LogP contribution < -0.4 is 9.64 Å². The zero-order valence-electron chi connectivity index (χ0n) is 17.7. The van der Waals surface area contributed by atoms with Crippen LogP contribution in [0.25, 0.3) is 0 Å². The lowest BCUT2D eigenvalue weighted by molar-refractivity contribution is -0.147. The fourth-order valence-electron chi connectivity index (χ4n) is 3.51. The van der Waals surface area contributed by atoms with E-state index < -0.39 is 30.2 Å². The normalized spacial score (nSPS) is 15.2. The van der Waals surface area contributed by atoms with Gasteiger partial charge < -0.3 is 14.4 Å². The summed E-state index contributed by atoms with van der Waals surface area (Å²) in [7, 11) is 0. The molecule has 0 saturated carbocycles. The molecule has 33 heavy (non-hydrogen) atoms. The molecule has 0 aromatic heterocycles. The molecule has 7 nitrogen and oxygen atoms in total. The van der Waals surface area contributed by atoms with E-state index in [1.807, 2.05) is 18.2 Å². The first-order valence-electron chi connectivity index (χ1n) is 10.4. The molecule has 0 radical (unpaired) electrons. The number of anilines is 1. The van der Waals surface area contributed by atoms with Crippen LogP contribution in [0.15, 0.2) is 84.9 Å². The van der Waals surface area contributed by atoms with Gasteiger partial charge in [-0.3, -0.25) is 14.4 Å². The third kappa shape index (κ3) is 5.33. The van der Waals surface area contributed by atoms with Crippen LogP contribution in [0, 0.1) is 5.92 Å². The van der Waals surface area contributed by atoms with E-state index in [9.17, 15) is 19.2 Å². The van der Waals surface area contributed by atoms with Gasteiger partial charge in [-0.05, 0) is 48.5 Å². The van der Waals surface area contributed by atoms with E-state index in [4.69, 9.17) is 9.47 Å². The Morgan fingerprint density at radius 1 is 0.818 bits per heavy atom. The van der Waals surface area contributed by atoms with Gasteiger partial charge in [-0.25, -0.2) is 4.79 Å². The molecule has 0 spiro atoms. The van der Waals surface area contributed by atoms with Gasteiger partial charge in [0.1, 0.15) is 5.75 Å². The quantitative estimate of drug-likeness (QED) is 0.314. The van der Waals surface area contributed by atoms with Crippen molar-refractivity contribution < 1.29 is 28.7 Å². The Bertz CT molecular complexity index is 1160. The highest BCUT2D eigenvalue weighted by atomic mass is 16.5. The minimum atomic E-state index is -0.620. The number of esters is 2. The Morgan fingerprint density at radius 3 is 2.12 bits per heavy atom. The van der Waals surface area contributed by atoms with E-state index in [1.165, 1.54) is 24.3 Å². The molecule has 1 saturated heterocycles. The summed E-state index contributed by atoms with van der Waals surface area (Å²) >= 11 is 0. The second kappa shape index (κ2) is 9.91. The maximum atomic E-state index is 12.4. The van der Waals surface area contributed by atoms with Crippen molar-refractivity contribution in [1.29, 1.82) is 0 Å². The SMILES string of the molecule is O=C(COC(=O)[C@H]1CC(=O)N(c2ccccc2)C1)c1ccc(OC(=O)c2ccccc2)cc1. The van der Waals surface area contributed by atoms with Crippen LogP contribution in [0.5, 0.6) is 5.75 Å². The van der Waals surface area contributed by atoms with Crippen molar-refractivity contribution in [3.05, 3.63) is 96.1 Å². The van der Waals surface area contributed by atoms with Crippen LogP contribution >= 0.6 is 0 Å². The van der Waals surface area contributed by atoms with Gasteiger partial charge in [0.25, 0.3) is 0 Å². The van der Waals surface area contributed by atoms with Crippen LogP contribution in [-0.4, -0.2) is 36.8 Å². The zero-order valence-corrected chi connectivity index (χ0v) is 17.7. The van der Waals surface area contributed by atoms with Crippen LogP contribution in [0.2, 0.25) is 0 Å². The Morgan fingerprint density at radius 2 is 1.45 bits per heavy atom. The molecule has 3 aromatic carbocycles. The zero-order chi connectivity index (χ0) is 23.2. The summed E-state index contributed by atoms with van der Waals surface area (Å²) in [6, 6.07) is 23.7. The minimum absolute atomic E-state index is 0.0450. The molecule has 1 aliphatic heterocycles. The lowest BCUT2D eigenvalue weighted by Gasteiger charge is -2.16. The summed E-state index contributed by atoms with van der Waals surface area (Å²) < 4.78 is 10.5. The third-order valence-electron chi connectivity index (χ3n) is 5.27. The highest BCUT2D eigenvalue weighted by Crippen LogP contribution is 2.25. The second-order valence-electron chi connectivity index (χ2n) is 7.55. The van der Waals surface area contributed by atoms with Gasteiger partial charge in [-0.1, -0.05) is 36.4 Å². The van der Waals surface area contributed by atoms with Crippen molar-refractivity contribution in [2.45, 2.75) is 6.42 Å². The van der Waals surface area contributed by atoms with Crippen LogP contribution in [0.3, 0.4) is 0 Å². The third-order valence-corrected chi connectivity index (χ3v) is 5.27. The Hall–Kier alpha value is -4.26. The van der Waals surface area contributed by atoms with Crippen LogP contribution in [0.1, 0.15) is 27.1 Å². The number of carbonyl (C=O) groups is 4. The summed E-state index contributed by atoms with van der Waals surface area (Å²) in [5.74, 6) is -1.96. The van der Waals surface area contributed by atoms with Gasteiger partial charge in [-0.15, -0.1) is 0 Å². The molecule has 166 valence electrons. The second-order valence-corrected chi connectivity index (χ2v) is 7.55. The Balaban J connectivity index is 1.28. The van der Waals surface area contributed by atoms with Gasteiger partial charge in [0.2, 0.25) is 5.91 Å². The number of carbonyl (C=O) groups excluding carboxylic acids is 4. The fourth-order valence-corrected chi connectivity index (χ4v) is 3.51. The molecule has 1 amide bonds. The maximum Gasteiger partial charge on any atom is 0.343 e. The number of ether oxygens (including phenoxy) is 2. The Labute approximate surface area is 190 Å². The van der Waals surface area contributed by atoms with E-state index in [0.29, 0.717) is 16.9 Å². The molecule has 0 unspecified atom stereocenters. The average molecular weight is 443 g/mol. The average Bonchev–Trinajstić information content (AvgIpc) is 3.25. The molecule has 1 aliphatic rings. The molecule has 0 N–H and O–H groups in total. The molecule has 4 rings (SSSR count). The van der Waals surface area contributed by atoms with Crippen molar-refractivity contribution in [3.63, 3.8) is 0 Å². The Kier molecular flexibility index (Phi) is 6.59. The van der Waals surface area contributed by atoms with Crippen molar-refractivity contribution in [2.24, 2.45) is 5.92 Å². The van der Waals surface area contributed by atoms with Gasteiger partial charge >= 0.3 is 11.9 Å². The summed E-state index contributed by atoms with van der Waals surface area (Å²) in [6.07, 6.45) is 0.0450. The van der Waals surface area contributed by atoms with Gasteiger partial charge in [0.05, 0.1) is 11.5 Å². The molecule has 1 heterocycles. The molecular formula is C26H21NO6. The summed E-state index contributed by atoms with van der Waals surface area (Å²) in [5, 5.41) is 0. The van der Waals surface area contributed by atoms with Crippen molar-refractivity contribution in [1.82, 2.24) is 0 Å². The first-order valence-corrected chi connectivity index (χ1v) is 10.4. The van der Waals surface area contributed by atoms with Crippen molar-refractivity contribution in [3.8, 4) is 5.75 Å². The molecule has 1 fully saturated rings. The number of nitrogens with zero attached hydrogens (tertiary/aromatic N) is 1. The first kappa shape index (κ1) is 22.0. The number of hydrogen-bond donors (Lipinski definition) is 0. The van der Waals surface area contributed by atoms with E-state index >= 15 is 0 Å². The summed E-state index contributed by atoms with van der Waals surface area (Å²) in [4.78, 5) is 50.7. The van der Waals surface area contributed by atoms with Gasteiger partial charge in [0, 0.05) is 24.2 Å². The number of hydrogen-bond acceptors (Lipinski definition) is 6. The number of para-hydroxylation sites is 1. The minimum Gasteiger partial charge on any atom is -0.457 e. The summed E-state index contributed by atoms with van der Waals surface area (Å²) in [6.45, 7) is -0.213. The monoisotopic (exact) mass is 443 g/mol. The first-order chi connectivity index (χ1) is 16.0. The predicted octanol–water partition coefficient (Wildman–Crippen LogP) is 3.68. The topological polar surface area (TPSA) is 90.0 Å². The molecule has 7 heteroatoms. The molecular weight excluding hydrogens is 422 g/mol. The van der Waals surface area contributed by atoms with E-state index in [0.717, 1.165) is 5.69 Å². The maximum absolute atomic E-state index is 12.4. The van der Waals surface area contributed by atoms with Crippen molar-refractivity contribution >= 4 is 29.3 Å². The number of benzene rings is 3. The highest BCUT2D eigenvalue weighted by molar-refractivity contribution is 6.01. The number of Topliss-reactive ketones (excluding diaryl/α,β-unsaturated/α-hetero) is 1. The molecule has 1 atom stereocenters. The lowest BCUT2D eigenvalue weighted by Crippen LogP contribution is -2.27. The highest BCUT2D eigenvalue weighted by Gasteiger charge is 2.36. The smallest absolute Gasteiger partial charge is 0.343 e. The van der Waals surface area contributed by atoms with Gasteiger partial charge in [0.15, 0.2) is 12.4 Å². The van der Waals surface area contributed by atoms with Gasteiger partial charge in [-0.2, -0.15) is 0 Å². The molecule has 0 bridgehead atoms. The largest absolute Gasteiger partial charge is 0.457 e. The van der Waals surface area contributed by atoms with E-state index in [-0.39, 0.29) is 18.9 Å². The molecule has 3 aromatic rings. The number of ketones is 1. The number of amides is 1. The predicted molar refractivity (Wildman–Crippen MR) is 120 cm³/mol.